The van der Waals surface area contributed by atoms with E-state index in [-0.39, 0.29) is 5.91 Å². The molecule has 0 aliphatic carbocycles. The highest BCUT2D eigenvalue weighted by atomic mass is 35.5. The van der Waals surface area contributed by atoms with Crippen LogP contribution in [0.4, 0.5) is 11.4 Å². The Hall–Kier alpha value is -2.00. The number of anilines is 2. The Morgan fingerprint density at radius 3 is 2.35 bits per heavy atom. The molecule has 0 aliphatic heterocycles. The molecule has 0 saturated heterocycles. The molecule has 104 valence electrons. The summed E-state index contributed by atoms with van der Waals surface area (Å²) in [7, 11) is 0. The average Bonchev–Trinajstić information content (AvgIpc) is 2.36. The number of hydrogen-bond acceptors (Lipinski definition) is 2. The number of nitrogen functional groups attached to an aromatic ring is 1. The minimum Gasteiger partial charge on any atom is -0.399 e. The molecule has 3 nitrogen and oxygen atoms in total. The number of aryl methyl sites for hydroxylation is 2. The number of carbonyl (C=O) groups excluding carboxylic acids is 1. The molecule has 0 unspecified atom stereocenters. The van der Waals surface area contributed by atoms with Crippen molar-refractivity contribution < 1.29 is 4.79 Å². The highest BCUT2D eigenvalue weighted by molar-refractivity contribution is 6.32. The Morgan fingerprint density at radius 2 is 1.75 bits per heavy atom. The van der Waals surface area contributed by atoms with Crippen LogP contribution in [0.15, 0.2) is 30.3 Å². The third-order valence-electron chi connectivity index (χ3n) is 3.31. The maximum atomic E-state index is 12.4. The summed E-state index contributed by atoms with van der Waals surface area (Å²) >= 11 is 6.05. The third kappa shape index (κ3) is 2.78. The van der Waals surface area contributed by atoms with E-state index in [1.165, 1.54) is 0 Å². The Bertz CT molecular complexity index is 657. The predicted octanol–water partition coefficient (Wildman–Crippen LogP) is 4.10. The summed E-state index contributed by atoms with van der Waals surface area (Å²) in [5.74, 6) is -0.166. The van der Waals surface area contributed by atoms with Crippen molar-refractivity contribution in [3.05, 3.63) is 57.6 Å². The molecule has 1 amide bonds. The van der Waals surface area contributed by atoms with Crippen LogP contribution >= 0.6 is 11.6 Å². The number of carbonyl (C=O) groups is 1. The minimum atomic E-state index is -0.166. The molecule has 0 radical (unpaired) electrons. The lowest BCUT2D eigenvalue weighted by molar-refractivity contribution is 0.102. The number of amides is 1. The van der Waals surface area contributed by atoms with Crippen LogP contribution in [0.5, 0.6) is 0 Å². The summed E-state index contributed by atoms with van der Waals surface area (Å²) in [5, 5.41) is 3.52. The number of benzene rings is 2. The number of hydrogen-bond donors (Lipinski definition) is 2. The standard InChI is InChI=1S/C16H17ClN2O/c1-9-7-12(18)8-10(2)15(9)19-16(20)13-5-4-6-14(17)11(13)3/h4-8H,18H2,1-3H3,(H,19,20). The Labute approximate surface area is 123 Å². The summed E-state index contributed by atoms with van der Waals surface area (Å²) in [6.07, 6.45) is 0. The topological polar surface area (TPSA) is 55.1 Å². The van der Waals surface area contributed by atoms with Crippen molar-refractivity contribution in [3.8, 4) is 0 Å². The number of rotatable bonds is 2. The van der Waals surface area contributed by atoms with Gasteiger partial charge in [0.15, 0.2) is 0 Å². The Morgan fingerprint density at radius 1 is 1.15 bits per heavy atom. The van der Waals surface area contributed by atoms with Crippen LogP contribution in [-0.4, -0.2) is 5.91 Å². The van der Waals surface area contributed by atoms with Gasteiger partial charge in [-0.2, -0.15) is 0 Å². The zero-order chi connectivity index (χ0) is 14.9. The van der Waals surface area contributed by atoms with Gasteiger partial charge in [0.1, 0.15) is 0 Å². The molecular weight excluding hydrogens is 272 g/mol. The fourth-order valence-corrected chi connectivity index (χ4v) is 2.40. The van der Waals surface area contributed by atoms with E-state index >= 15 is 0 Å². The van der Waals surface area contributed by atoms with Crippen LogP contribution in [0.1, 0.15) is 27.0 Å². The second-order valence-corrected chi connectivity index (χ2v) is 5.30. The van der Waals surface area contributed by atoms with Gasteiger partial charge in [0.2, 0.25) is 0 Å². The molecule has 0 aromatic heterocycles. The monoisotopic (exact) mass is 288 g/mol. The van der Waals surface area contributed by atoms with E-state index in [1.807, 2.05) is 32.9 Å². The summed E-state index contributed by atoms with van der Waals surface area (Å²) in [5.41, 5.74) is 10.5. The summed E-state index contributed by atoms with van der Waals surface area (Å²) in [4.78, 5) is 12.4. The van der Waals surface area contributed by atoms with E-state index in [0.29, 0.717) is 16.3 Å². The smallest absolute Gasteiger partial charge is 0.255 e. The van der Waals surface area contributed by atoms with Crippen molar-refractivity contribution >= 4 is 28.9 Å². The van der Waals surface area contributed by atoms with E-state index in [4.69, 9.17) is 17.3 Å². The van der Waals surface area contributed by atoms with Crippen LogP contribution in [-0.2, 0) is 0 Å². The zero-order valence-corrected chi connectivity index (χ0v) is 12.5. The molecule has 0 heterocycles. The van der Waals surface area contributed by atoms with Gasteiger partial charge in [-0.15, -0.1) is 0 Å². The van der Waals surface area contributed by atoms with E-state index in [0.717, 1.165) is 22.4 Å². The highest BCUT2D eigenvalue weighted by Crippen LogP contribution is 2.25. The van der Waals surface area contributed by atoms with E-state index in [2.05, 4.69) is 5.32 Å². The van der Waals surface area contributed by atoms with Crippen LogP contribution < -0.4 is 11.1 Å². The van der Waals surface area contributed by atoms with E-state index in [1.54, 1.807) is 18.2 Å². The Balaban J connectivity index is 2.36. The van der Waals surface area contributed by atoms with E-state index in [9.17, 15) is 4.79 Å². The average molecular weight is 289 g/mol. The first-order valence-corrected chi connectivity index (χ1v) is 6.71. The lowest BCUT2D eigenvalue weighted by Crippen LogP contribution is -2.15. The highest BCUT2D eigenvalue weighted by Gasteiger charge is 2.13. The van der Waals surface area contributed by atoms with Gasteiger partial charge >= 0.3 is 0 Å². The van der Waals surface area contributed by atoms with Crippen LogP contribution in [0.3, 0.4) is 0 Å². The maximum Gasteiger partial charge on any atom is 0.255 e. The van der Waals surface area contributed by atoms with E-state index < -0.39 is 0 Å². The second-order valence-electron chi connectivity index (χ2n) is 4.90. The molecule has 0 spiro atoms. The quantitative estimate of drug-likeness (QED) is 0.818. The fraction of sp³-hybridized carbons (Fsp3) is 0.188. The summed E-state index contributed by atoms with van der Waals surface area (Å²) in [6, 6.07) is 8.99. The van der Waals surface area contributed by atoms with Crippen molar-refractivity contribution in [2.24, 2.45) is 0 Å². The summed E-state index contributed by atoms with van der Waals surface area (Å²) < 4.78 is 0. The second kappa shape index (κ2) is 5.55. The number of halogens is 1. The molecule has 0 fully saturated rings. The zero-order valence-electron chi connectivity index (χ0n) is 11.8. The van der Waals surface area contributed by atoms with Gasteiger partial charge in [-0.05, 0) is 61.7 Å². The minimum absolute atomic E-state index is 0.166. The van der Waals surface area contributed by atoms with Crippen LogP contribution in [0.2, 0.25) is 5.02 Å². The number of nitrogens with two attached hydrogens (primary N) is 1. The first-order chi connectivity index (χ1) is 9.40. The van der Waals surface area contributed by atoms with Gasteiger partial charge in [0, 0.05) is 22.0 Å². The molecule has 2 aromatic carbocycles. The molecule has 0 aliphatic rings. The van der Waals surface area contributed by atoms with Crippen molar-refractivity contribution in [1.29, 1.82) is 0 Å². The van der Waals surface area contributed by atoms with Crippen molar-refractivity contribution in [2.45, 2.75) is 20.8 Å². The normalized spacial score (nSPS) is 10.4. The molecule has 2 rings (SSSR count). The lowest BCUT2D eigenvalue weighted by atomic mass is 10.1. The van der Waals surface area contributed by atoms with Crippen molar-refractivity contribution in [1.82, 2.24) is 0 Å². The van der Waals surface area contributed by atoms with Gasteiger partial charge in [-0.3, -0.25) is 4.79 Å². The molecule has 0 atom stereocenters. The van der Waals surface area contributed by atoms with Gasteiger partial charge in [0.05, 0.1) is 0 Å². The fourth-order valence-electron chi connectivity index (χ4n) is 2.23. The van der Waals surface area contributed by atoms with Crippen molar-refractivity contribution in [2.75, 3.05) is 11.1 Å². The van der Waals surface area contributed by atoms with Crippen molar-refractivity contribution in [3.63, 3.8) is 0 Å². The summed E-state index contributed by atoms with van der Waals surface area (Å²) in [6.45, 7) is 5.67. The van der Waals surface area contributed by atoms with Crippen LogP contribution in [0, 0.1) is 20.8 Å². The number of nitrogens with one attached hydrogen (secondary N) is 1. The molecular formula is C16H17ClN2O. The SMILES string of the molecule is Cc1cc(N)cc(C)c1NC(=O)c1cccc(Cl)c1C. The molecule has 4 heteroatoms. The molecule has 0 saturated carbocycles. The molecule has 2 aromatic rings. The van der Waals surface area contributed by atoms with Gasteiger partial charge in [-0.25, -0.2) is 0 Å². The lowest BCUT2D eigenvalue weighted by Gasteiger charge is -2.14. The largest absolute Gasteiger partial charge is 0.399 e. The first kappa shape index (κ1) is 14.4. The van der Waals surface area contributed by atoms with Gasteiger partial charge < -0.3 is 11.1 Å². The maximum absolute atomic E-state index is 12.4. The Kier molecular flexibility index (Phi) is 4.00. The van der Waals surface area contributed by atoms with Gasteiger partial charge in [-0.1, -0.05) is 17.7 Å². The van der Waals surface area contributed by atoms with Gasteiger partial charge in [0.25, 0.3) is 5.91 Å². The van der Waals surface area contributed by atoms with Crippen LogP contribution in [0.25, 0.3) is 0 Å². The first-order valence-electron chi connectivity index (χ1n) is 6.33. The molecule has 20 heavy (non-hydrogen) atoms. The predicted molar refractivity (Wildman–Crippen MR) is 84.5 cm³/mol. The third-order valence-corrected chi connectivity index (χ3v) is 3.72. The molecule has 0 bridgehead atoms. The molecule has 3 N–H and O–H groups in total.